The van der Waals surface area contributed by atoms with Crippen molar-refractivity contribution in [1.82, 2.24) is 4.90 Å². The first kappa shape index (κ1) is 14.3. The molecule has 2 nitrogen and oxygen atoms in total. The predicted molar refractivity (Wildman–Crippen MR) is 87.7 cm³/mol. The molecule has 110 valence electrons. The Morgan fingerprint density at radius 1 is 1.00 bits per heavy atom. The first-order valence-corrected chi connectivity index (χ1v) is 7.94. The van der Waals surface area contributed by atoms with Crippen molar-refractivity contribution in [1.29, 1.82) is 0 Å². The minimum Gasteiger partial charge on any atom is -0.293 e. The van der Waals surface area contributed by atoms with Crippen LogP contribution in [0, 0.1) is 5.92 Å². The number of carbonyl (C=O) groups is 1. The molecule has 0 N–H and O–H groups in total. The molecular formula is C19H23NO. The van der Waals surface area contributed by atoms with Crippen molar-refractivity contribution in [3.63, 3.8) is 0 Å². The third-order valence-electron chi connectivity index (χ3n) is 4.47. The van der Waals surface area contributed by atoms with Crippen LogP contribution in [0.4, 0.5) is 0 Å². The van der Waals surface area contributed by atoms with Crippen LogP contribution in [0.3, 0.4) is 0 Å². The number of likely N-dealkylation sites (tertiary alicyclic amines) is 1. The fourth-order valence-corrected chi connectivity index (χ4v) is 3.42. The van der Waals surface area contributed by atoms with Crippen molar-refractivity contribution in [3.05, 3.63) is 48.0 Å². The Labute approximate surface area is 126 Å². The molecule has 1 atom stereocenters. The molecule has 1 heterocycles. The van der Waals surface area contributed by atoms with Gasteiger partial charge in [-0.15, -0.1) is 0 Å². The van der Waals surface area contributed by atoms with Crippen LogP contribution >= 0.6 is 0 Å². The number of fused-ring (bicyclic) bond motifs is 1. The zero-order chi connectivity index (χ0) is 14.8. The standard InChI is InChI=1S/C19H23NO/c1-14(2)18(20-11-5-6-12-20)19(21)17-10-9-15-7-3-4-8-16(15)13-17/h3-4,7-10,13-14,18H,5-6,11-12H2,1-2H3. The number of hydrogen-bond acceptors (Lipinski definition) is 2. The van der Waals surface area contributed by atoms with Gasteiger partial charge in [0.15, 0.2) is 5.78 Å². The van der Waals surface area contributed by atoms with E-state index in [0.717, 1.165) is 24.0 Å². The number of nitrogens with zero attached hydrogens (tertiary/aromatic N) is 1. The van der Waals surface area contributed by atoms with Gasteiger partial charge in [0, 0.05) is 5.56 Å². The average molecular weight is 281 g/mol. The number of hydrogen-bond donors (Lipinski definition) is 0. The highest BCUT2D eigenvalue weighted by molar-refractivity contribution is 6.03. The van der Waals surface area contributed by atoms with Crippen LogP contribution < -0.4 is 0 Å². The van der Waals surface area contributed by atoms with E-state index in [-0.39, 0.29) is 11.8 Å². The van der Waals surface area contributed by atoms with Crippen molar-refractivity contribution in [3.8, 4) is 0 Å². The minimum atomic E-state index is 0.0219. The molecule has 0 aliphatic carbocycles. The van der Waals surface area contributed by atoms with Crippen molar-refractivity contribution in [2.24, 2.45) is 5.92 Å². The van der Waals surface area contributed by atoms with Crippen LogP contribution in [0.15, 0.2) is 42.5 Å². The largest absolute Gasteiger partial charge is 0.293 e. The van der Waals surface area contributed by atoms with Crippen molar-refractivity contribution < 1.29 is 4.79 Å². The van der Waals surface area contributed by atoms with Gasteiger partial charge in [-0.3, -0.25) is 9.69 Å². The lowest BCUT2D eigenvalue weighted by Gasteiger charge is -2.29. The molecular weight excluding hydrogens is 258 g/mol. The summed E-state index contributed by atoms with van der Waals surface area (Å²) in [5.74, 6) is 0.625. The summed E-state index contributed by atoms with van der Waals surface area (Å²) in [7, 11) is 0. The monoisotopic (exact) mass is 281 g/mol. The van der Waals surface area contributed by atoms with E-state index in [0.29, 0.717) is 5.92 Å². The van der Waals surface area contributed by atoms with Gasteiger partial charge in [0.05, 0.1) is 6.04 Å². The molecule has 1 saturated heterocycles. The summed E-state index contributed by atoms with van der Waals surface area (Å²) in [5.41, 5.74) is 0.847. The smallest absolute Gasteiger partial charge is 0.180 e. The van der Waals surface area contributed by atoms with Gasteiger partial charge < -0.3 is 0 Å². The lowest BCUT2D eigenvalue weighted by molar-refractivity contribution is 0.0790. The third kappa shape index (κ3) is 2.86. The highest BCUT2D eigenvalue weighted by Gasteiger charge is 2.31. The van der Waals surface area contributed by atoms with E-state index < -0.39 is 0 Å². The molecule has 0 spiro atoms. The van der Waals surface area contributed by atoms with E-state index in [1.165, 1.54) is 18.2 Å². The van der Waals surface area contributed by atoms with E-state index >= 15 is 0 Å². The zero-order valence-corrected chi connectivity index (χ0v) is 12.9. The van der Waals surface area contributed by atoms with Gasteiger partial charge in [-0.25, -0.2) is 0 Å². The topological polar surface area (TPSA) is 20.3 Å². The first-order chi connectivity index (χ1) is 10.2. The van der Waals surface area contributed by atoms with Gasteiger partial charge in [-0.1, -0.05) is 50.2 Å². The molecule has 2 aromatic rings. The van der Waals surface area contributed by atoms with E-state index in [2.05, 4.69) is 36.9 Å². The zero-order valence-electron chi connectivity index (χ0n) is 12.9. The molecule has 2 aromatic carbocycles. The van der Waals surface area contributed by atoms with Crippen LogP contribution in [-0.2, 0) is 0 Å². The van der Waals surface area contributed by atoms with Gasteiger partial charge >= 0.3 is 0 Å². The minimum absolute atomic E-state index is 0.0219. The summed E-state index contributed by atoms with van der Waals surface area (Å²) in [4.78, 5) is 15.3. The summed E-state index contributed by atoms with van der Waals surface area (Å²) in [5, 5.41) is 2.34. The Hall–Kier alpha value is -1.67. The van der Waals surface area contributed by atoms with E-state index in [9.17, 15) is 4.79 Å². The summed E-state index contributed by atoms with van der Waals surface area (Å²) in [6, 6.07) is 14.3. The van der Waals surface area contributed by atoms with Gasteiger partial charge in [0.1, 0.15) is 0 Å². The van der Waals surface area contributed by atoms with Crippen LogP contribution in [0.5, 0.6) is 0 Å². The molecule has 0 amide bonds. The molecule has 0 aromatic heterocycles. The van der Waals surface area contributed by atoms with Crippen molar-refractivity contribution in [2.75, 3.05) is 13.1 Å². The fourth-order valence-electron chi connectivity index (χ4n) is 3.42. The normalized spacial score (nSPS) is 17.5. The number of ketones is 1. The van der Waals surface area contributed by atoms with Gasteiger partial charge in [-0.2, -0.15) is 0 Å². The lowest BCUT2D eigenvalue weighted by atomic mass is 9.92. The van der Waals surface area contributed by atoms with Crippen molar-refractivity contribution in [2.45, 2.75) is 32.7 Å². The van der Waals surface area contributed by atoms with E-state index in [4.69, 9.17) is 0 Å². The molecule has 3 rings (SSSR count). The Kier molecular flexibility index (Phi) is 4.07. The Bertz CT molecular complexity index is 641. The van der Waals surface area contributed by atoms with Gasteiger partial charge in [0.25, 0.3) is 0 Å². The van der Waals surface area contributed by atoms with Gasteiger partial charge in [-0.05, 0) is 48.7 Å². The summed E-state index contributed by atoms with van der Waals surface area (Å²) in [6.45, 7) is 6.42. The molecule has 2 heteroatoms. The summed E-state index contributed by atoms with van der Waals surface area (Å²) < 4.78 is 0. The van der Waals surface area contributed by atoms with E-state index in [1.54, 1.807) is 0 Å². The fraction of sp³-hybridized carbons (Fsp3) is 0.421. The summed E-state index contributed by atoms with van der Waals surface area (Å²) >= 11 is 0. The third-order valence-corrected chi connectivity index (χ3v) is 4.47. The molecule has 1 fully saturated rings. The Morgan fingerprint density at radius 3 is 2.33 bits per heavy atom. The number of benzene rings is 2. The second-order valence-corrected chi connectivity index (χ2v) is 6.36. The molecule has 0 saturated carbocycles. The number of rotatable bonds is 4. The molecule has 21 heavy (non-hydrogen) atoms. The quantitative estimate of drug-likeness (QED) is 0.785. The molecule has 1 aliphatic heterocycles. The highest BCUT2D eigenvalue weighted by Crippen LogP contribution is 2.23. The van der Waals surface area contributed by atoms with Crippen LogP contribution in [0.2, 0.25) is 0 Å². The predicted octanol–water partition coefficient (Wildman–Crippen LogP) is 4.14. The van der Waals surface area contributed by atoms with Crippen LogP contribution in [-0.4, -0.2) is 29.8 Å². The maximum atomic E-state index is 13.0. The molecule has 1 unspecified atom stereocenters. The van der Waals surface area contributed by atoms with Crippen LogP contribution in [0.1, 0.15) is 37.0 Å². The highest BCUT2D eigenvalue weighted by atomic mass is 16.1. The maximum Gasteiger partial charge on any atom is 0.180 e. The first-order valence-electron chi connectivity index (χ1n) is 7.94. The van der Waals surface area contributed by atoms with Crippen LogP contribution in [0.25, 0.3) is 10.8 Å². The number of Topliss-reactive ketones (excluding diaryl/α,β-unsaturated/α-hetero) is 1. The van der Waals surface area contributed by atoms with Crippen molar-refractivity contribution >= 4 is 16.6 Å². The number of carbonyl (C=O) groups excluding carboxylic acids is 1. The SMILES string of the molecule is CC(C)C(C(=O)c1ccc2ccccc2c1)N1CCCC1. The molecule has 0 radical (unpaired) electrons. The van der Waals surface area contributed by atoms with Gasteiger partial charge in [0.2, 0.25) is 0 Å². The second kappa shape index (κ2) is 5.98. The summed E-state index contributed by atoms with van der Waals surface area (Å²) in [6.07, 6.45) is 2.43. The Balaban J connectivity index is 1.93. The lowest BCUT2D eigenvalue weighted by Crippen LogP contribution is -2.43. The Morgan fingerprint density at radius 2 is 1.67 bits per heavy atom. The average Bonchev–Trinajstić information content (AvgIpc) is 3.00. The molecule has 0 bridgehead atoms. The van der Waals surface area contributed by atoms with E-state index in [1.807, 2.05) is 24.3 Å². The maximum absolute atomic E-state index is 13.0. The molecule has 1 aliphatic rings. The second-order valence-electron chi connectivity index (χ2n) is 6.36.